The van der Waals surface area contributed by atoms with Crippen molar-refractivity contribution in [3.05, 3.63) is 0 Å². The summed E-state index contributed by atoms with van der Waals surface area (Å²) in [6, 6.07) is 0. The van der Waals surface area contributed by atoms with Crippen molar-refractivity contribution < 1.29 is 27.7 Å². The van der Waals surface area contributed by atoms with Crippen molar-refractivity contribution in [3.63, 3.8) is 0 Å². The molecule has 0 aromatic rings. The maximum Gasteiger partial charge on any atom is 0.228 e. The van der Waals surface area contributed by atoms with Crippen molar-refractivity contribution >= 4 is 14.7 Å². The van der Waals surface area contributed by atoms with Crippen LogP contribution in [0.2, 0.25) is 0 Å². The van der Waals surface area contributed by atoms with Crippen molar-refractivity contribution in [2.45, 2.75) is 111 Å². The van der Waals surface area contributed by atoms with Crippen LogP contribution in [0.25, 0.3) is 0 Å². The zero-order valence-corrected chi connectivity index (χ0v) is 23.9. The van der Waals surface area contributed by atoms with Crippen molar-refractivity contribution in [1.82, 2.24) is 0 Å². The van der Waals surface area contributed by atoms with E-state index in [1.807, 2.05) is 41.5 Å². The minimum absolute atomic E-state index is 0.171. The molecule has 0 aromatic heterocycles. The van der Waals surface area contributed by atoms with Crippen LogP contribution in [-0.4, -0.2) is 49.4 Å². The average molecular weight is 509 g/mol. The highest BCUT2D eigenvalue weighted by molar-refractivity contribution is 7.59. The molecule has 0 spiro atoms. The summed E-state index contributed by atoms with van der Waals surface area (Å²) in [5.41, 5.74) is -0.771. The molecule has 196 valence electrons. The predicted molar refractivity (Wildman–Crippen MR) is 137 cm³/mol. The van der Waals surface area contributed by atoms with Crippen LogP contribution in [0.5, 0.6) is 0 Å². The van der Waals surface area contributed by atoms with Gasteiger partial charge in [0.2, 0.25) is 14.7 Å². The average Bonchev–Trinajstić information content (AvgIpc) is 3.18. The Bertz CT molecular complexity index is 662. The summed E-state index contributed by atoms with van der Waals surface area (Å²) < 4.78 is 50.5. The molecule has 0 N–H and O–H groups in total. The fraction of sp³-hybridized carbons (Fsp3) is 1.00. The van der Waals surface area contributed by atoms with E-state index in [0.29, 0.717) is 37.4 Å². The van der Waals surface area contributed by atoms with Crippen LogP contribution in [0.15, 0.2) is 0 Å². The summed E-state index contributed by atoms with van der Waals surface area (Å²) in [5.74, 6) is 1.01. The Morgan fingerprint density at radius 2 is 1.27 bits per heavy atom. The monoisotopic (exact) mass is 508 g/mol. The van der Waals surface area contributed by atoms with Crippen molar-refractivity contribution in [2.24, 2.45) is 11.8 Å². The summed E-state index contributed by atoms with van der Waals surface area (Å²) >= 11 is 0. The molecular weight excluding hydrogens is 458 g/mol. The summed E-state index contributed by atoms with van der Waals surface area (Å²) in [5, 5.41) is 0. The summed E-state index contributed by atoms with van der Waals surface area (Å²) in [7, 11) is -5.60. The Hall–Kier alpha value is 0.300. The molecule has 0 amide bonds. The van der Waals surface area contributed by atoms with Crippen molar-refractivity contribution in [3.8, 4) is 0 Å². The normalized spacial score (nSPS) is 22.1. The number of hydrogen-bond donors (Lipinski definition) is 0. The van der Waals surface area contributed by atoms with Gasteiger partial charge in [-0.2, -0.15) is 0 Å². The summed E-state index contributed by atoms with van der Waals surface area (Å²) in [6.07, 6.45) is 11.4. The third-order valence-electron chi connectivity index (χ3n) is 6.73. The Labute approximate surface area is 203 Å². The van der Waals surface area contributed by atoms with Crippen LogP contribution in [-0.2, 0) is 27.7 Å². The largest absolute Gasteiger partial charge is 0.366 e. The quantitative estimate of drug-likeness (QED) is 0.156. The first-order chi connectivity index (χ1) is 15.3. The first-order valence-corrected chi connectivity index (χ1v) is 17.1. The van der Waals surface area contributed by atoms with Crippen LogP contribution in [0, 0.1) is 11.8 Å². The summed E-state index contributed by atoms with van der Waals surface area (Å²) in [4.78, 5) is 0. The Morgan fingerprint density at radius 1 is 0.758 bits per heavy atom. The van der Waals surface area contributed by atoms with Gasteiger partial charge in [-0.25, -0.2) is 0 Å². The SMILES string of the molecule is CCOP(=O)(COC(C)(C)CCCOP(=O)(COC(C)(C)C)CC1CCC1)CC1CCCC1. The highest BCUT2D eigenvalue weighted by Gasteiger charge is 2.34. The predicted octanol–water partition coefficient (Wildman–Crippen LogP) is 7.89. The van der Waals surface area contributed by atoms with Crippen LogP contribution < -0.4 is 0 Å². The second kappa shape index (κ2) is 13.0. The van der Waals surface area contributed by atoms with Crippen LogP contribution >= 0.6 is 14.7 Å². The second-order valence-corrected chi connectivity index (χ2v) is 16.7. The van der Waals surface area contributed by atoms with E-state index in [9.17, 15) is 9.13 Å². The van der Waals surface area contributed by atoms with Crippen LogP contribution in [0.4, 0.5) is 0 Å². The third-order valence-corrected chi connectivity index (χ3v) is 11.3. The van der Waals surface area contributed by atoms with E-state index in [-0.39, 0.29) is 18.3 Å². The van der Waals surface area contributed by atoms with Crippen LogP contribution in [0.3, 0.4) is 0 Å². The molecule has 2 saturated carbocycles. The Kier molecular flexibility index (Phi) is 11.7. The zero-order valence-electron chi connectivity index (χ0n) is 22.1. The van der Waals surface area contributed by atoms with Gasteiger partial charge in [-0.05, 0) is 91.9 Å². The zero-order chi connectivity index (χ0) is 24.6. The second-order valence-electron chi connectivity index (χ2n) is 11.7. The van der Waals surface area contributed by atoms with Gasteiger partial charge in [-0.1, -0.05) is 19.3 Å². The lowest BCUT2D eigenvalue weighted by Gasteiger charge is -2.32. The molecule has 0 heterocycles. The molecule has 0 aliphatic heterocycles. The molecule has 2 fully saturated rings. The number of hydrogen-bond acceptors (Lipinski definition) is 6. The lowest BCUT2D eigenvalue weighted by atomic mass is 9.87. The Morgan fingerprint density at radius 3 is 1.76 bits per heavy atom. The lowest BCUT2D eigenvalue weighted by Crippen LogP contribution is -2.27. The summed E-state index contributed by atoms with van der Waals surface area (Å²) in [6.45, 7) is 12.8. The van der Waals surface area contributed by atoms with Crippen molar-refractivity contribution in [2.75, 3.05) is 38.2 Å². The van der Waals surface area contributed by atoms with Gasteiger partial charge in [0.1, 0.15) is 12.7 Å². The van der Waals surface area contributed by atoms with Gasteiger partial charge >= 0.3 is 0 Å². The van der Waals surface area contributed by atoms with Gasteiger partial charge in [0.15, 0.2) is 0 Å². The van der Waals surface area contributed by atoms with Gasteiger partial charge in [0.25, 0.3) is 0 Å². The molecule has 2 rings (SSSR count). The molecule has 0 radical (unpaired) electrons. The molecule has 0 aromatic carbocycles. The highest BCUT2D eigenvalue weighted by Crippen LogP contribution is 2.53. The van der Waals surface area contributed by atoms with Crippen molar-refractivity contribution in [1.29, 1.82) is 0 Å². The molecular formula is C25H50O6P2. The van der Waals surface area contributed by atoms with Gasteiger partial charge in [-0.3, -0.25) is 9.13 Å². The number of ether oxygens (including phenoxy) is 2. The molecule has 2 unspecified atom stereocenters. The molecule has 8 heteroatoms. The lowest BCUT2D eigenvalue weighted by molar-refractivity contribution is -0.00662. The van der Waals surface area contributed by atoms with Gasteiger partial charge in [0.05, 0.1) is 24.4 Å². The van der Waals surface area contributed by atoms with E-state index in [1.165, 1.54) is 19.3 Å². The molecule has 0 saturated heterocycles. The topological polar surface area (TPSA) is 71.1 Å². The maximum absolute atomic E-state index is 13.4. The first kappa shape index (κ1) is 29.5. The van der Waals surface area contributed by atoms with E-state index in [0.717, 1.165) is 38.5 Å². The van der Waals surface area contributed by atoms with Gasteiger partial charge in [-0.15, -0.1) is 0 Å². The van der Waals surface area contributed by atoms with E-state index in [2.05, 4.69) is 0 Å². The fourth-order valence-corrected chi connectivity index (χ4v) is 9.48. The van der Waals surface area contributed by atoms with Gasteiger partial charge < -0.3 is 18.5 Å². The third kappa shape index (κ3) is 11.7. The van der Waals surface area contributed by atoms with Crippen LogP contribution in [0.1, 0.15) is 99.3 Å². The standard InChI is InChI=1S/C25H50O6P2/c1-7-30-32(26,18-22-12-8-9-13-22)21-29-25(5,6)16-11-17-31-33(27,19-23-14-10-15-23)20-28-24(2,3)4/h22-23H,7-21H2,1-6H3. The number of rotatable bonds is 16. The van der Waals surface area contributed by atoms with E-state index >= 15 is 0 Å². The molecule has 2 atom stereocenters. The molecule has 6 nitrogen and oxygen atoms in total. The maximum atomic E-state index is 13.4. The molecule has 0 bridgehead atoms. The fourth-order valence-electron chi connectivity index (χ4n) is 4.54. The molecule has 2 aliphatic rings. The molecule has 33 heavy (non-hydrogen) atoms. The highest BCUT2D eigenvalue weighted by atomic mass is 31.2. The van der Waals surface area contributed by atoms with E-state index in [1.54, 1.807) is 0 Å². The first-order valence-electron chi connectivity index (χ1n) is 13.1. The Balaban J connectivity index is 1.79. The smallest absolute Gasteiger partial charge is 0.228 e. The van der Waals surface area contributed by atoms with E-state index in [4.69, 9.17) is 18.5 Å². The minimum Gasteiger partial charge on any atom is -0.366 e. The minimum atomic E-state index is -2.81. The van der Waals surface area contributed by atoms with E-state index < -0.39 is 20.3 Å². The molecule has 2 aliphatic carbocycles. The van der Waals surface area contributed by atoms with Gasteiger partial charge in [0, 0.05) is 12.3 Å².